The van der Waals surface area contributed by atoms with E-state index in [1.165, 1.54) is 36.3 Å². The summed E-state index contributed by atoms with van der Waals surface area (Å²) in [7, 11) is 1.53. The molecule has 0 saturated carbocycles. The fourth-order valence-corrected chi connectivity index (χ4v) is 2.99. The van der Waals surface area contributed by atoms with E-state index in [4.69, 9.17) is 0 Å². The minimum atomic E-state index is -0.446. The molecule has 2 aromatic carbocycles. The van der Waals surface area contributed by atoms with Gasteiger partial charge in [0, 0.05) is 17.2 Å². The molecule has 0 aliphatic rings. The number of halogens is 2. The number of carbonyl (C=O) groups excluding carboxylic acids is 2. The van der Waals surface area contributed by atoms with Gasteiger partial charge < -0.3 is 10.2 Å². The van der Waals surface area contributed by atoms with Crippen molar-refractivity contribution < 1.29 is 14.0 Å². The van der Waals surface area contributed by atoms with E-state index in [1.807, 2.05) is 24.3 Å². The lowest BCUT2D eigenvalue weighted by Gasteiger charge is -2.16. The van der Waals surface area contributed by atoms with Crippen molar-refractivity contribution in [2.75, 3.05) is 18.9 Å². The number of nitrogens with zero attached hydrogens (tertiary/aromatic N) is 3. The second kappa shape index (κ2) is 8.35. The standard InChI is InChI=1S/C20H18BrFN4O2/c1-13-18(11-23-26(13)17-8-6-14(21)7-9-17)20(28)25(2)12-19(27)24-16-5-3-4-15(22)10-16/h3-11H,12H2,1-2H3,(H,24,27). The Morgan fingerprint density at radius 2 is 1.93 bits per heavy atom. The van der Waals surface area contributed by atoms with Crippen molar-refractivity contribution in [1.82, 2.24) is 14.7 Å². The van der Waals surface area contributed by atoms with E-state index in [2.05, 4.69) is 26.3 Å². The van der Waals surface area contributed by atoms with Crippen molar-refractivity contribution in [3.63, 3.8) is 0 Å². The summed E-state index contributed by atoms with van der Waals surface area (Å²) >= 11 is 3.39. The average molecular weight is 445 g/mol. The zero-order chi connectivity index (χ0) is 20.3. The molecule has 3 aromatic rings. The zero-order valence-electron chi connectivity index (χ0n) is 15.3. The van der Waals surface area contributed by atoms with Crippen LogP contribution in [0.2, 0.25) is 0 Å². The Labute approximate surface area is 170 Å². The van der Waals surface area contributed by atoms with Gasteiger partial charge in [-0.1, -0.05) is 22.0 Å². The van der Waals surface area contributed by atoms with Crippen molar-refractivity contribution in [1.29, 1.82) is 0 Å². The molecule has 1 N–H and O–H groups in total. The Hall–Kier alpha value is -3.00. The number of likely N-dealkylation sites (N-methyl/N-ethyl adjacent to an activating group) is 1. The molecule has 0 radical (unpaired) electrons. The summed E-state index contributed by atoms with van der Waals surface area (Å²) in [6.45, 7) is 1.63. The van der Waals surface area contributed by atoms with Crippen LogP contribution in [0, 0.1) is 12.7 Å². The Balaban J connectivity index is 1.69. The van der Waals surface area contributed by atoms with E-state index in [0.29, 0.717) is 16.9 Å². The maximum atomic E-state index is 13.2. The van der Waals surface area contributed by atoms with Gasteiger partial charge in [-0.15, -0.1) is 0 Å². The molecule has 6 nitrogen and oxygen atoms in total. The van der Waals surface area contributed by atoms with E-state index >= 15 is 0 Å². The highest BCUT2D eigenvalue weighted by Gasteiger charge is 2.20. The van der Waals surface area contributed by atoms with Crippen LogP contribution in [0.1, 0.15) is 16.1 Å². The summed E-state index contributed by atoms with van der Waals surface area (Å²) in [6, 6.07) is 13.1. The fraction of sp³-hybridized carbons (Fsp3) is 0.150. The minimum Gasteiger partial charge on any atom is -0.332 e. The van der Waals surface area contributed by atoms with Crippen LogP contribution >= 0.6 is 15.9 Å². The van der Waals surface area contributed by atoms with Gasteiger partial charge in [-0.25, -0.2) is 9.07 Å². The first-order valence-electron chi connectivity index (χ1n) is 8.46. The van der Waals surface area contributed by atoms with Crippen molar-refractivity contribution in [2.24, 2.45) is 0 Å². The highest BCUT2D eigenvalue weighted by Crippen LogP contribution is 2.18. The van der Waals surface area contributed by atoms with Crippen LogP contribution < -0.4 is 5.32 Å². The lowest BCUT2D eigenvalue weighted by Crippen LogP contribution is -2.35. The molecular formula is C20H18BrFN4O2. The van der Waals surface area contributed by atoms with Crippen LogP contribution in [-0.2, 0) is 4.79 Å². The van der Waals surface area contributed by atoms with E-state index in [-0.39, 0.29) is 12.5 Å². The zero-order valence-corrected chi connectivity index (χ0v) is 16.9. The number of benzene rings is 2. The Kier molecular flexibility index (Phi) is 5.89. The third-order valence-electron chi connectivity index (χ3n) is 4.15. The smallest absolute Gasteiger partial charge is 0.257 e. The summed E-state index contributed by atoms with van der Waals surface area (Å²) < 4.78 is 15.8. The summed E-state index contributed by atoms with van der Waals surface area (Å²) in [4.78, 5) is 26.2. The monoisotopic (exact) mass is 444 g/mol. The lowest BCUT2D eigenvalue weighted by molar-refractivity contribution is -0.116. The Morgan fingerprint density at radius 1 is 1.21 bits per heavy atom. The van der Waals surface area contributed by atoms with Gasteiger partial charge in [0.25, 0.3) is 5.91 Å². The molecule has 28 heavy (non-hydrogen) atoms. The predicted octanol–water partition coefficient (Wildman–Crippen LogP) is 3.79. The Morgan fingerprint density at radius 3 is 2.61 bits per heavy atom. The molecule has 0 bridgehead atoms. The number of hydrogen-bond acceptors (Lipinski definition) is 3. The minimum absolute atomic E-state index is 0.168. The summed E-state index contributed by atoms with van der Waals surface area (Å²) in [6.07, 6.45) is 1.49. The van der Waals surface area contributed by atoms with Gasteiger partial charge >= 0.3 is 0 Å². The maximum Gasteiger partial charge on any atom is 0.257 e. The molecule has 0 fully saturated rings. The molecule has 0 unspecified atom stereocenters. The maximum absolute atomic E-state index is 13.2. The molecule has 8 heteroatoms. The van der Waals surface area contributed by atoms with Crippen molar-refractivity contribution >= 4 is 33.4 Å². The van der Waals surface area contributed by atoms with Crippen LogP contribution in [0.15, 0.2) is 59.2 Å². The average Bonchev–Trinajstić information content (AvgIpc) is 3.03. The fourth-order valence-electron chi connectivity index (χ4n) is 2.72. The first-order valence-corrected chi connectivity index (χ1v) is 9.26. The van der Waals surface area contributed by atoms with E-state index in [1.54, 1.807) is 17.7 Å². The molecule has 1 aromatic heterocycles. The second-order valence-electron chi connectivity index (χ2n) is 6.25. The summed E-state index contributed by atoms with van der Waals surface area (Å²) in [5, 5.41) is 6.86. The molecule has 0 aliphatic carbocycles. The van der Waals surface area contributed by atoms with E-state index in [0.717, 1.165) is 10.2 Å². The van der Waals surface area contributed by atoms with Gasteiger partial charge in [0.15, 0.2) is 0 Å². The molecule has 3 rings (SSSR count). The number of hydrogen-bond donors (Lipinski definition) is 1. The normalized spacial score (nSPS) is 10.6. The predicted molar refractivity (Wildman–Crippen MR) is 108 cm³/mol. The summed E-state index contributed by atoms with van der Waals surface area (Å²) in [5.41, 5.74) is 2.24. The molecule has 0 atom stereocenters. The Bertz CT molecular complexity index is 1020. The lowest BCUT2D eigenvalue weighted by atomic mass is 10.2. The second-order valence-corrected chi connectivity index (χ2v) is 7.17. The van der Waals surface area contributed by atoms with Crippen LogP contribution in [0.5, 0.6) is 0 Å². The molecule has 144 valence electrons. The number of aromatic nitrogens is 2. The van der Waals surface area contributed by atoms with Gasteiger partial charge in [0.05, 0.1) is 29.7 Å². The van der Waals surface area contributed by atoms with E-state index in [9.17, 15) is 14.0 Å². The van der Waals surface area contributed by atoms with Crippen LogP contribution in [0.4, 0.5) is 10.1 Å². The topological polar surface area (TPSA) is 67.2 Å². The first kappa shape index (κ1) is 19.8. The number of nitrogens with one attached hydrogen (secondary N) is 1. The van der Waals surface area contributed by atoms with Gasteiger partial charge in [-0.3, -0.25) is 9.59 Å². The number of carbonyl (C=O) groups is 2. The SMILES string of the molecule is Cc1c(C(=O)N(C)CC(=O)Nc2cccc(F)c2)cnn1-c1ccc(Br)cc1. The van der Waals surface area contributed by atoms with Crippen molar-refractivity contribution in [3.05, 3.63) is 76.3 Å². The molecule has 1 heterocycles. The van der Waals surface area contributed by atoms with Gasteiger partial charge in [-0.05, 0) is 49.4 Å². The van der Waals surface area contributed by atoms with Crippen LogP contribution in [-0.4, -0.2) is 40.1 Å². The van der Waals surface area contributed by atoms with Gasteiger partial charge in [0.1, 0.15) is 5.82 Å². The molecule has 2 amide bonds. The largest absolute Gasteiger partial charge is 0.332 e. The van der Waals surface area contributed by atoms with Crippen LogP contribution in [0.25, 0.3) is 5.69 Å². The number of rotatable bonds is 5. The third kappa shape index (κ3) is 4.45. The molecular weight excluding hydrogens is 427 g/mol. The quantitative estimate of drug-likeness (QED) is 0.650. The number of amides is 2. The molecule has 0 spiro atoms. The van der Waals surface area contributed by atoms with Gasteiger partial charge in [-0.2, -0.15) is 5.10 Å². The van der Waals surface area contributed by atoms with Crippen molar-refractivity contribution in [2.45, 2.75) is 6.92 Å². The van der Waals surface area contributed by atoms with Gasteiger partial charge in [0.2, 0.25) is 5.91 Å². The van der Waals surface area contributed by atoms with Crippen LogP contribution in [0.3, 0.4) is 0 Å². The van der Waals surface area contributed by atoms with Crippen molar-refractivity contribution in [3.8, 4) is 5.69 Å². The third-order valence-corrected chi connectivity index (χ3v) is 4.68. The molecule has 0 aliphatic heterocycles. The summed E-state index contributed by atoms with van der Waals surface area (Å²) in [5.74, 6) is -1.19. The highest BCUT2D eigenvalue weighted by atomic mass is 79.9. The number of anilines is 1. The highest BCUT2D eigenvalue weighted by molar-refractivity contribution is 9.10. The molecule has 0 saturated heterocycles. The van der Waals surface area contributed by atoms with E-state index < -0.39 is 11.7 Å². The first-order chi connectivity index (χ1) is 13.3.